The Labute approximate surface area is 191 Å². The van der Waals surface area contributed by atoms with Gasteiger partial charge in [-0.1, -0.05) is 36.4 Å². The summed E-state index contributed by atoms with van der Waals surface area (Å²) in [5.41, 5.74) is 5.31. The molecule has 33 heavy (non-hydrogen) atoms. The van der Waals surface area contributed by atoms with Crippen LogP contribution in [0.15, 0.2) is 104 Å². The highest BCUT2D eigenvalue weighted by Crippen LogP contribution is 2.22. The predicted octanol–water partition coefficient (Wildman–Crippen LogP) is 4.93. The van der Waals surface area contributed by atoms with E-state index in [-0.39, 0.29) is 5.91 Å². The second-order valence-electron chi connectivity index (χ2n) is 7.63. The number of benzene rings is 3. The molecule has 0 saturated carbocycles. The third-order valence-electron chi connectivity index (χ3n) is 5.35. The van der Waals surface area contributed by atoms with Crippen LogP contribution in [0.3, 0.4) is 0 Å². The van der Waals surface area contributed by atoms with Crippen molar-refractivity contribution in [2.75, 3.05) is 0 Å². The van der Waals surface area contributed by atoms with Crippen molar-refractivity contribution in [2.24, 2.45) is 0 Å². The monoisotopic (exact) mass is 434 g/mol. The Bertz CT molecular complexity index is 1360. The molecule has 0 radical (unpaired) electrons. The average molecular weight is 434 g/mol. The molecule has 0 aliphatic heterocycles. The molecule has 2 heterocycles. The van der Waals surface area contributed by atoms with Gasteiger partial charge in [-0.05, 0) is 59.7 Å². The number of nitrogens with zero attached hydrogens (tertiary/aromatic N) is 3. The number of carbonyl (C=O) groups is 1. The molecule has 2 aromatic heterocycles. The zero-order valence-electron chi connectivity index (χ0n) is 17.9. The highest BCUT2D eigenvalue weighted by atomic mass is 16.5. The van der Waals surface area contributed by atoms with Crippen LogP contribution in [-0.2, 0) is 13.2 Å². The normalized spacial score (nSPS) is 10.8. The second kappa shape index (κ2) is 9.36. The minimum atomic E-state index is -0.143. The summed E-state index contributed by atoms with van der Waals surface area (Å²) in [6.07, 6.45) is 5.21. The molecule has 0 aliphatic carbocycles. The molecule has 0 fully saturated rings. The van der Waals surface area contributed by atoms with Gasteiger partial charge in [0.15, 0.2) is 0 Å². The molecule has 6 heteroatoms. The smallest absolute Gasteiger partial charge is 0.251 e. The van der Waals surface area contributed by atoms with Gasteiger partial charge in [0.1, 0.15) is 18.7 Å². The lowest BCUT2D eigenvalue weighted by atomic mass is 10.1. The fourth-order valence-corrected chi connectivity index (χ4v) is 3.59. The number of imidazole rings is 1. The van der Waals surface area contributed by atoms with Crippen molar-refractivity contribution in [3.05, 3.63) is 120 Å². The maximum absolute atomic E-state index is 12.6. The van der Waals surface area contributed by atoms with Crippen LogP contribution in [0.5, 0.6) is 5.75 Å². The predicted molar refractivity (Wildman–Crippen MR) is 127 cm³/mol. The minimum absolute atomic E-state index is 0.143. The third kappa shape index (κ3) is 4.75. The molecule has 0 aliphatic rings. The summed E-state index contributed by atoms with van der Waals surface area (Å²) in [6.45, 7) is 0.956. The van der Waals surface area contributed by atoms with Crippen LogP contribution < -0.4 is 10.1 Å². The first-order chi connectivity index (χ1) is 16.3. The number of ether oxygens (including phenoxy) is 1. The third-order valence-corrected chi connectivity index (χ3v) is 5.35. The van der Waals surface area contributed by atoms with E-state index in [2.05, 4.69) is 15.3 Å². The molecular weight excluding hydrogens is 412 g/mol. The van der Waals surface area contributed by atoms with Gasteiger partial charge in [-0.15, -0.1) is 0 Å². The lowest BCUT2D eigenvalue weighted by Crippen LogP contribution is -2.22. The van der Waals surface area contributed by atoms with Crippen molar-refractivity contribution in [1.29, 1.82) is 0 Å². The summed E-state index contributed by atoms with van der Waals surface area (Å²) in [4.78, 5) is 21.1. The zero-order valence-corrected chi connectivity index (χ0v) is 17.9. The van der Waals surface area contributed by atoms with Crippen LogP contribution in [0, 0.1) is 0 Å². The van der Waals surface area contributed by atoms with Gasteiger partial charge in [0.05, 0.1) is 11.0 Å². The van der Waals surface area contributed by atoms with Gasteiger partial charge in [0.25, 0.3) is 5.91 Å². The summed E-state index contributed by atoms with van der Waals surface area (Å²) in [7, 11) is 0. The van der Waals surface area contributed by atoms with E-state index >= 15 is 0 Å². The lowest BCUT2D eigenvalue weighted by Gasteiger charge is -2.09. The summed E-state index contributed by atoms with van der Waals surface area (Å²) in [5.74, 6) is 0.662. The fraction of sp³-hybridized carbons (Fsp3) is 0.0741. The molecule has 0 spiro atoms. The standard InChI is InChI=1S/C27H22N4O2/c32-27(29-17-21-7-4-14-28-16-21)22-8-13-26-25(15-22)30-19-31(26)23-9-11-24(12-10-23)33-18-20-5-2-1-3-6-20/h1-16,19H,17-18H2,(H,29,32). The van der Waals surface area contributed by atoms with Gasteiger partial charge in [0.2, 0.25) is 0 Å². The number of hydrogen-bond donors (Lipinski definition) is 1. The molecule has 1 amide bonds. The van der Waals surface area contributed by atoms with Crippen molar-refractivity contribution < 1.29 is 9.53 Å². The summed E-state index contributed by atoms with van der Waals surface area (Å²) < 4.78 is 7.87. The summed E-state index contributed by atoms with van der Waals surface area (Å²) in [6, 6.07) is 27.3. The van der Waals surface area contributed by atoms with Gasteiger partial charge in [-0.25, -0.2) is 4.98 Å². The maximum atomic E-state index is 12.6. The van der Waals surface area contributed by atoms with Crippen molar-refractivity contribution in [3.63, 3.8) is 0 Å². The lowest BCUT2D eigenvalue weighted by molar-refractivity contribution is 0.0951. The molecular formula is C27H22N4O2. The van der Waals surface area contributed by atoms with E-state index in [0.717, 1.165) is 33.6 Å². The molecule has 162 valence electrons. The number of carbonyl (C=O) groups excluding carboxylic acids is 1. The highest BCUT2D eigenvalue weighted by Gasteiger charge is 2.10. The molecule has 5 aromatic rings. The number of hydrogen-bond acceptors (Lipinski definition) is 4. The quantitative estimate of drug-likeness (QED) is 0.394. The first kappa shape index (κ1) is 20.5. The van der Waals surface area contributed by atoms with Crippen LogP contribution in [0.2, 0.25) is 0 Å². The van der Waals surface area contributed by atoms with Crippen LogP contribution in [0.1, 0.15) is 21.5 Å². The van der Waals surface area contributed by atoms with Crippen molar-refractivity contribution in [1.82, 2.24) is 19.9 Å². The number of amides is 1. The molecule has 0 bridgehead atoms. The average Bonchev–Trinajstić information content (AvgIpc) is 3.31. The van der Waals surface area contributed by atoms with E-state index in [4.69, 9.17) is 4.74 Å². The van der Waals surface area contributed by atoms with Crippen LogP contribution in [-0.4, -0.2) is 20.4 Å². The van der Waals surface area contributed by atoms with E-state index in [9.17, 15) is 4.79 Å². The molecule has 0 unspecified atom stereocenters. The number of rotatable bonds is 7. The molecule has 5 rings (SSSR count). The SMILES string of the molecule is O=C(NCc1cccnc1)c1ccc2c(c1)ncn2-c1ccc(OCc2ccccc2)cc1. The van der Waals surface area contributed by atoms with Crippen molar-refractivity contribution >= 4 is 16.9 Å². The van der Waals surface area contributed by atoms with Gasteiger partial charge in [-0.3, -0.25) is 14.3 Å². The summed E-state index contributed by atoms with van der Waals surface area (Å²) >= 11 is 0. The number of aromatic nitrogens is 3. The first-order valence-electron chi connectivity index (χ1n) is 10.7. The Morgan fingerprint density at radius 2 is 1.73 bits per heavy atom. The summed E-state index contributed by atoms with van der Waals surface area (Å²) in [5, 5.41) is 2.92. The number of pyridine rings is 1. The van der Waals surface area contributed by atoms with Crippen molar-refractivity contribution in [2.45, 2.75) is 13.2 Å². The van der Waals surface area contributed by atoms with Gasteiger partial charge < -0.3 is 10.1 Å². The Hall–Kier alpha value is -4.45. The number of fused-ring (bicyclic) bond motifs is 1. The van der Waals surface area contributed by atoms with E-state index in [1.54, 1.807) is 18.7 Å². The fourth-order valence-electron chi connectivity index (χ4n) is 3.59. The highest BCUT2D eigenvalue weighted by molar-refractivity contribution is 5.97. The van der Waals surface area contributed by atoms with E-state index in [0.29, 0.717) is 18.7 Å². The maximum Gasteiger partial charge on any atom is 0.251 e. The minimum Gasteiger partial charge on any atom is -0.489 e. The second-order valence-corrected chi connectivity index (χ2v) is 7.63. The van der Waals surface area contributed by atoms with Gasteiger partial charge in [0, 0.05) is 30.2 Å². The molecule has 0 saturated heterocycles. The largest absolute Gasteiger partial charge is 0.489 e. The molecule has 3 aromatic carbocycles. The van der Waals surface area contributed by atoms with E-state index in [1.165, 1.54) is 0 Å². The van der Waals surface area contributed by atoms with Crippen LogP contribution in [0.4, 0.5) is 0 Å². The zero-order chi connectivity index (χ0) is 22.5. The van der Waals surface area contributed by atoms with Gasteiger partial charge in [-0.2, -0.15) is 0 Å². The topological polar surface area (TPSA) is 69.0 Å². The van der Waals surface area contributed by atoms with Crippen LogP contribution >= 0.6 is 0 Å². The molecule has 0 atom stereocenters. The molecule has 6 nitrogen and oxygen atoms in total. The first-order valence-corrected chi connectivity index (χ1v) is 10.7. The Kier molecular flexibility index (Phi) is 5.80. The van der Waals surface area contributed by atoms with Gasteiger partial charge >= 0.3 is 0 Å². The Morgan fingerprint density at radius 3 is 2.52 bits per heavy atom. The molecule has 1 N–H and O–H groups in total. The Morgan fingerprint density at radius 1 is 0.909 bits per heavy atom. The van der Waals surface area contributed by atoms with E-state index in [1.807, 2.05) is 89.5 Å². The van der Waals surface area contributed by atoms with Crippen molar-refractivity contribution in [3.8, 4) is 11.4 Å². The van der Waals surface area contributed by atoms with E-state index < -0.39 is 0 Å². The number of nitrogens with one attached hydrogen (secondary N) is 1. The van der Waals surface area contributed by atoms with Crippen LogP contribution in [0.25, 0.3) is 16.7 Å². The Balaban J connectivity index is 1.27.